The SMILES string of the molecule is c1ccc(-n2ncc(CN3CCCCC3Cn3cncn3)n2)cc1. The normalized spacial score (nSPS) is 18.8. The van der Waals surface area contributed by atoms with E-state index in [0.29, 0.717) is 6.04 Å². The van der Waals surface area contributed by atoms with E-state index in [-0.39, 0.29) is 0 Å². The van der Waals surface area contributed by atoms with Crippen molar-refractivity contribution in [3.63, 3.8) is 0 Å². The maximum absolute atomic E-state index is 4.64. The van der Waals surface area contributed by atoms with Crippen LogP contribution in [-0.2, 0) is 13.1 Å². The first-order valence-corrected chi connectivity index (χ1v) is 8.41. The second-order valence-corrected chi connectivity index (χ2v) is 6.20. The molecule has 24 heavy (non-hydrogen) atoms. The topological polar surface area (TPSA) is 64.7 Å². The summed E-state index contributed by atoms with van der Waals surface area (Å²) in [5.41, 5.74) is 1.99. The third kappa shape index (κ3) is 3.35. The van der Waals surface area contributed by atoms with Crippen LogP contribution in [0.2, 0.25) is 0 Å². The fourth-order valence-electron chi connectivity index (χ4n) is 3.28. The molecule has 1 unspecified atom stereocenters. The van der Waals surface area contributed by atoms with Crippen LogP contribution in [0.3, 0.4) is 0 Å². The monoisotopic (exact) mass is 323 g/mol. The molecular weight excluding hydrogens is 302 g/mol. The molecule has 1 fully saturated rings. The number of nitrogens with zero attached hydrogens (tertiary/aromatic N) is 7. The minimum atomic E-state index is 0.474. The lowest BCUT2D eigenvalue weighted by Gasteiger charge is -2.34. The number of rotatable bonds is 5. The molecular formula is C17H21N7. The molecule has 7 heteroatoms. The molecule has 0 saturated carbocycles. The van der Waals surface area contributed by atoms with Crippen molar-refractivity contribution in [2.45, 2.75) is 38.4 Å². The highest BCUT2D eigenvalue weighted by Gasteiger charge is 2.24. The van der Waals surface area contributed by atoms with Crippen molar-refractivity contribution in [3.05, 3.63) is 54.9 Å². The Morgan fingerprint density at radius 3 is 2.83 bits per heavy atom. The van der Waals surface area contributed by atoms with Gasteiger partial charge in [0.15, 0.2) is 0 Å². The van der Waals surface area contributed by atoms with Crippen LogP contribution >= 0.6 is 0 Å². The van der Waals surface area contributed by atoms with Crippen molar-refractivity contribution in [1.29, 1.82) is 0 Å². The second kappa shape index (κ2) is 6.92. The maximum Gasteiger partial charge on any atom is 0.137 e. The summed E-state index contributed by atoms with van der Waals surface area (Å²) in [6.45, 7) is 2.80. The van der Waals surface area contributed by atoms with Crippen LogP contribution < -0.4 is 0 Å². The van der Waals surface area contributed by atoms with E-state index in [0.717, 1.165) is 31.0 Å². The number of hydrogen-bond acceptors (Lipinski definition) is 5. The molecule has 124 valence electrons. The van der Waals surface area contributed by atoms with E-state index in [2.05, 4.69) is 25.2 Å². The van der Waals surface area contributed by atoms with Gasteiger partial charge in [0.1, 0.15) is 12.7 Å². The summed E-state index contributed by atoms with van der Waals surface area (Å²) in [4.78, 5) is 8.23. The zero-order valence-corrected chi connectivity index (χ0v) is 13.6. The van der Waals surface area contributed by atoms with Gasteiger partial charge in [-0.2, -0.15) is 20.1 Å². The van der Waals surface area contributed by atoms with E-state index in [1.54, 1.807) is 17.5 Å². The molecule has 3 aromatic rings. The first kappa shape index (κ1) is 15.0. The largest absolute Gasteiger partial charge is 0.293 e. The Hall–Kier alpha value is -2.54. The highest BCUT2D eigenvalue weighted by Crippen LogP contribution is 2.20. The average molecular weight is 323 g/mol. The van der Waals surface area contributed by atoms with Gasteiger partial charge in [-0.3, -0.25) is 9.58 Å². The Kier molecular flexibility index (Phi) is 4.33. The van der Waals surface area contributed by atoms with E-state index >= 15 is 0 Å². The molecule has 0 spiro atoms. The van der Waals surface area contributed by atoms with Crippen LogP contribution in [-0.4, -0.2) is 47.2 Å². The van der Waals surface area contributed by atoms with Gasteiger partial charge in [-0.15, -0.1) is 0 Å². The van der Waals surface area contributed by atoms with Gasteiger partial charge >= 0.3 is 0 Å². The summed E-state index contributed by atoms with van der Waals surface area (Å²) in [6, 6.07) is 10.5. The molecule has 0 aliphatic carbocycles. The minimum Gasteiger partial charge on any atom is -0.293 e. The highest BCUT2D eigenvalue weighted by atomic mass is 15.5. The van der Waals surface area contributed by atoms with Crippen LogP contribution in [0.25, 0.3) is 5.69 Å². The summed E-state index contributed by atoms with van der Waals surface area (Å²) in [5.74, 6) is 0. The fraction of sp³-hybridized carbons (Fsp3) is 0.412. The zero-order valence-electron chi connectivity index (χ0n) is 13.6. The molecule has 1 aromatic carbocycles. The standard InChI is InChI=1S/C17H21N7/c1-2-6-16(7-3-1)24-19-10-15(21-24)11-22-9-5-4-8-17(22)12-23-14-18-13-20-23/h1-3,6-7,10,13-14,17H,4-5,8-9,11-12H2. The minimum absolute atomic E-state index is 0.474. The molecule has 2 aromatic heterocycles. The van der Waals surface area contributed by atoms with E-state index in [1.807, 2.05) is 41.2 Å². The number of hydrogen-bond donors (Lipinski definition) is 0. The first-order chi connectivity index (χ1) is 11.9. The van der Waals surface area contributed by atoms with Crippen molar-refractivity contribution >= 4 is 0 Å². The molecule has 1 aliphatic heterocycles. The Morgan fingerprint density at radius 1 is 1.08 bits per heavy atom. The number of benzene rings is 1. The molecule has 1 atom stereocenters. The summed E-state index contributed by atoms with van der Waals surface area (Å²) >= 11 is 0. The molecule has 0 radical (unpaired) electrons. The molecule has 4 rings (SSSR count). The van der Waals surface area contributed by atoms with Gasteiger partial charge in [0.05, 0.1) is 24.1 Å². The predicted molar refractivity (Wildman–Crippen MR) is 89.4 cm³/mol. The van der Waals surface area contributed by atoms with Crippen molar-refractivity contribution in [1.82, 2.24) is 34.7 Å². The third-order valence-corrected chi connectivity index (χ3v) is 4.50. The van der Waals surface area contributed by atoms with Crippen LogP contribution in [0.4, 0.5) is 0 Å². The Balaban J connectivity index is 1.46. The van der Waals surface area contributed by atoms with Gasteiger partial charge in [-0.25, -0.2) is 4.98 Å². The number of likely N-dealkylation sites (tertiary alicyclic amines) is 1. The number of para-hydroxylation sites is 1. The van der Waals surface area contributed by atoms with E-state index in [4.69, 9.17) is 0 Å². The van der Waals surface area contributed by atoms with Crippen LogP contribution in [0.1, 0.15) is 25.0 Å². The first-order valence-electron chi connectivity index (χ1n) is 8.41. The van der Waals surface area contributed by atoms with E-state index in [1.165, 1.54) is 19.3 Å². The molecule has 1 aliphatic rings. The van der Waals surface area contributed by atoms with Gasteiger partial charge in [-0.1, -0.05) is 24.6 Å². The van der Waals surface area contributed by atoms with Gasteiger partial charge in [0.25, 0.3) is 0 Å². The lowest BCUT2D eigenvalue weighted by Crippen LogP contribution is -2.41. The van der Waals surface area contributed by atoms with Gasteiger partial charge in [0.2, 0.25) is 0 Å². The number of piperidine rings is 1. The van der Waals surface area contributed by atoms with Crippen LogP contribution in [0.5, 0.6) is 0 Å². The van der Waals surface area contributed by atoms with E-state index < -0.39 is 0 Å². The second-order valence-electron chi connectivity index (χ2n) is 6.20. The summed E-state index contributed by atoms with van der Waals surface area (Å²) in [6.07, 6.45) is 8.95. The predicted octanol–water partition coefficient (Wildman–Crippen LogP) is 1.91. The lowest BCUT2D eigenvalue weighted by molar-refractivity contribution is 0.120. The Labute approximate surface area is 140 Å². The van der Waals surface area contributed by atoms with Crippen molar-refractivity contribution < 1.29 is 0 Å². The average Bonchev–Trinajstić information content (AvgIpc) is 3.29. The quantitative estimate of drug-likeness (QED) is 0.718. The number of aromatic nitrogens is 6. The fourth-order valence-corrected chi connectivity index (χ4v) is 3.28. The molecule has 3 heterocycles. The van der Waals surface area contributed by atoms with Crippen LogP contribution in [0.15, 0.2) is 49.2 Å². The maximum atomic E-state index is 4.64. The van der Waals surface area contributed by atoms with Crippen LogP contribution in [0, 0.1) is 0 Å². The molecule has 0 amide bonds. The van der Waals surface area contributed by atoms with Gasteiger partial charge < -0.3 is 0 Å². The van der Waals surface area contributed by atoms with Crippen molar-refractivity contribution in [2.24, 2.45) is 0 Å². The third-order valence-electron chi connectivity index (χ3n) is 4.50. The zero-order chi connectivity index (χ0) is 16.2. The van der Waals surface area contributed by atoms with E-state index in [9.17, 15) is 0 Å². The smallest absolute Gasteiger partial charge is 0.137 e. The molecule has 7 nitrogen and oxygen atoms in total. The molecule has 0 bridgehead atoms. The van der Waals surface area contributed by atoms with Gasteiger partial charge in [-0.05, 0) is 31.5 Å². The van der Waals surface area contributed by atoms with Gasteiger partial charge in [0, 0.05) is 12.6 Å². The lowest BCUT2D eigenvalue weighted by atomic mass is 10.0. The van der Waals surface area contributed by atoms with Crippen molar-refractivity contribution in [2.75, 3.05) is 6.54 Å². The summed E-state index contributed by atoms with van der Waals surface area (Å²) in [5, 5.41) is 13.3. The Morgan fingerprint density at radius 2 is 2.00 bits per heavy atom. The summed E-state index contributed by atoms with van der Waals surface area (Å²) in [7, 11) is 0. The molecule has 1 saturated heterocycles. The Bertz CT molecular complexity index is 750. The molecule has 0 N–H and O–H groups in total. The van der Waals surface area contributed by atoms with Crippen molar-refractivity contribution in [3.8, 4) is 5.69 Å². The summed E-state index contributed by atoms with van der Waals surface area (Å²) < 4.78 is 1.92. The highest BCUT2D eigenvalue weighted by molar-refractivity contribution is 5.28.